The zero-order chi connectivity index (χ0) is 54.4. The number of hydrogen-bond acceptors (Lipinski definition) is 8. The fraction of sp³-hybridized carbons (Fsp3) is 0.985. The molecule has 2 rings (SSSR count). The summed E-state index contributed by atoms with van der Waals surface area (Å²) in [6.45, 7) is 20.7. The number of carbonyl (C=O) groups excluding carboxylic acids is 1. The Bertz CT molecular complexity index is 1240. The van der Waals surface area contributed by atoms with Crippen LogP contribution in [0.4, 0.5) is 0 Å². The number of aliphatic hydroxyl groups is 1. The van der Waals surface area contributed by atoms with Crippen LogP contribution in [0.2, 0.25) is 0 Å². The van der Waals surface area contributed by atoms with E-state index in [1.165, 1.54) is 186 Å². The van der Waals surface area contributed by atoms with Gasteiger partial charge < -0.3 is 38.4 Å². The fourth-order valence-electron chi connectivity index (χ4n) is 11.5. The maximum absolute atomic E-state index is 14.7. The van der Waals surface area contributed by atoms with Crippen molar-refractivity contribution >= 4 is 5.91 Å². The SMILES string of the molecule is CCCCCCCCCCCCCCCCCCCCCCCC(C)C(=O)N1[C@@H](COC2OC(COCCCC)C(OCCCC)C(OCCCC)C2OCCCC)[C@H](O)[C@@H]1CC(C)CCCCCCCCCCC. The Morgan fingerprint density at radius 3 is 1.24 bits per heavy atom. The highest BCUT2D eigenvalue weighted by atomic mass is 16.7. The molecule has 10 atom stereocenters. The number of amides is 1. The van der Waals surface area contributed by atoms with Gasteiger partial charge in [0.05, 0.1) is 31.4 Å². The summed E-state index contributed by atoms with van der Waals surface area (Å²) in [4.78, 5) is 16.7. The summed E-state index contributed by atoms with van der Waals surface area (Å²) in [6.07, 6.45) is 48.3. The summed E-state index contributed by atoms with van der Waals surface area (Å²) >= 11 is 0. The van der Waals surface area contributed by atoms with Crippen molar-refractivity contribution in [2.24, 2.45) is 11.8 Å². The van der Waals surface area contributed by atoms with Crippen LogP contribution in [0.5, 0.6) is 0 Å². The number of nitrogens with zero attached hydrogens (tertiary/aromatic N) is 1. The van der Waals surface area contributed by atoms with E-state index >= 15 is 0 Å². The molecule has 1 amide bonds. The second-order valence-electron chi connectivity index (χ2n) is 24.0. The Hall–Kier alpha value is -0.810. The number of rotatable bonds is 55. The van der Waals surface area contributed by atoms with Gasteiger partial charge >= 0.3 is 0 Å². The molecule has 0 aromatic carbocycles. The van der Waals surface area contributed by atoms with Gasteiger partial charge in [-0.05, 0) is 44.4 Å². The summed E-state index contributed by atoms with van der Waals surface area (Å²) in [7, 11) is 0. The first-order valence-electron chi connectivity index (χ1n) is 33.5. The predicted octanol–water partition coefficient (Wildman–Crippen LogP) is 18.2. The molecule has 2 aliphatic heterocycles. The zero-order valence-corrected chi connectivity index (χ0v) is 51.3. The van der Waals surface area contributed by atoms with Crippen LogP contribution in [0.25, 0.3) is 0 Å². The summed E-state index contributed by atoms with van der Waals surface area (Å²) in [5.41, 5.74) is 0. The molecule has 0 aromatic rings. The van der Waals surface area contributed by atoms with E-state index in [9.17, 15) is 9.90 Å². The lowest BCUT2D eigenvalue weighted by atomic mass is 9.81. The molecule has 75 heavy (non-hydrogen) atoms. The Morgan fingerprint density at radius 1 is 0.427 bits per heavy atom. The predicted molar refractivity (Wildman–Crippen MR) is 317 cm³/mol. The average molecular weight is 1060 g/mol. The van der Waals surface area contributed by atoms with Crippen LogP contribution in [0.15, 0.2) is 0 Å². The van der Waals surface area contributed by atoms with Gasteiger partial charge in [-0.3, -0.25) is 4.79 Å². The third kappa shape index (κ3) is 32.3. The van der Waals surface area contributed by atoms with Crippen LogP contribution in [-0.4, -0.2) is 104 Å². The maximum Gasteiger partial charge on any atom is 0.226 e. The Kier molecular flexibility index (Phi) is 46.0. The summed E-state index contributed by atoms with van der Waals surface area (Å²) in [5.74, 6) is 0.483. The molecule has 7 unspecified atom stereocenters. The van der Waals surface area contributed by atoms with E-state index in [4.69, 9.17) is 28.4 Å². The van der Waals surface area contributed by atoms with Crippen molar-refractivity contribution in [2.75, 3.05) is 39.6 Å². The molecule has 2 fully saturated rings. The highest BCUT2D eigenvalue weighted by molar-refractivity contribution is 5.80. The van der Waals surface area contributed by atoms with E-state index < -0.39 is 36.7 Å². The van der Waals surface area contributed by atoms with Gasteiger partial charge in [-0.1, -0.05) is 280 Å². The Balaban J connectivity index is 2.02. The smallest absolute Gasteiger partial charge is 0.226 e. The van der Waals surface area contributed by atoms with Crippen molar-refractivity contribution in [2.45, 2.75) is 368 Å². The van der Waals surface area contributed by atoms with E-state index in [0.717, 1.165) is 77.0 Å². The lowest BCUT2D eigenvalue weighted by Crippen LogP contribution is -2.72. The first-order chi connectivity index (χ1) is 36.8. The van der Waals surface area contributed by atoms with Crippen LogP contribution < -0.4 is 0 Å². The van der Waals surface area contributed by atoms with Crippen molar-refractivity contribution in [1.82, 2.24) is 4.90 Å². The van der Waals surface area contributed by atoms with Crippen molar-refractivity contribution in [3.05, 3.63) is 0 Å². The van der Waals surface area contributed by atoms with Crippen molar-refractivity contribution in [1.29, 1.82) is 0 Å². The molecule has 0 bridgehead atoms. The summed E-state index contributed by atoms with van der Waals surface area (Å²) in [5, 5.41) is 12.0. The first-order valence-corrected chi connectivity index (χ1v) is 33.5. The number of unbranched alkanes of at least 4 members (excludes halogenated alkanes) is 32. The minimum Gasteiger partial charge on any atom is -0.389 e. The molecule has 2 saturated heterocycles. The van der Waals surface area contributed by atoms with Gasteiger partial charge in [0.25, 0.3) is 0 Å². The second-order valence-corrected chi connectivity index (χ2v) is 24.0. The van der Waals surface area contributed by atoms with Gasteiger partial charge in [0, 0.05) is 32.3 Å². The van der Waals surface area contributed by atoms with E-state index in [0.29, 0.717) is 39.0 Å². The third-order valence-electron chi connectivity index (χ3n) is 16.7. The van der Waals surface area contributed by atoms with Crippen LogP contribution >= 0.6 is 0 Å². The van der Waals surface area contributed by atoms with E-state index in [-0.39, 0.29) is 30.6 Å². The quantitative estimate of drug-likeness (QED) is 0.0602. The molecule has 9 heteroatoms. The number of ether oxygens (including phenoxy) is 6. The van der Waals surface area contributed by atoms with Crippen molar-refractivity contribution < 1.29 is 38.3 Å². The molecule has 0 spiro atoms. The molecule has 0 radical (unpaired) electrons. The minimum absolute atomic E-state index is 0.103. The molecule has 0 aliphatic carbocycles. The van der Waals surface area contributed by atoms with Gasteiger partial charge in [0.2, 0.25) is 5.91 Å². The normalized spacial score (nSPS) is 22.7. The molecular formula is C66H129NO8. The lowest BCUT2D eigenvalue weighted by Gasteiger charge is -2.55. The van der Waals surface area contributed by atoms with Gasteiger partial charge in [0.1, 0.15) is 24.4 Å². The van der Waals surface area contributed by atoms with Gasteiger partial charge in [0.15, 0.2) is 6.29 Å². The topological polar surface area (TPSA) is 95.9 Å². The van der Waals surface area contributed by atoms with E-state index in [1.807, 2.05) is 4.90 Å². The average Bonchev–Trinajstić information content (AvgIpc) is 3.41. The molecule has 0 aromatic heterocycles. The first kappa shape index (κ1) is 70.3. The molecule has 9 nitrogen and oxygen atoms in total. The number of carbonyl (C=O) groups is 1. The van der Waals surface area contributed by atoms with Gasteiger partial charge in [-0.2, -0.15) is 0 Å². The third-order valence-corrected chi connectivity index (χ3v) is 16.7. The van der Waals surface area contributed by atoms with Gasteiger partial charge in [-0.25, -0.2) is 0 Å². The molecule has 446 valence electrons. The monoisotopic (exact) mass is 1060 g/mol. The van der Waals surface area contributed by atoms with Crippen LogP contribution in [-0.2, 0) is 33.2 Å². The van der Waals surface area contributed by atoms with Gasteiger partial charge in [-0.15, -0.1) is 0 Å². The van der Waals surface area contributed by atoms with Crippen LogP contribution in [0, 0.1) is 11.8 Å². The molecular weight excluding hydrogens is 935 g/mol. The fourth-order valence-corrected chi connectivity index (χ4v) is 11.5. The molecule has 1 N–H and O–H groups in total. The summed E-state index contributed by atoms with van der Waals surface area (Å²) < 4.78 is 40.0. The standard InChI is InChI=1S/C66H129NO8/c1-9-15-21-23-25-27-28-29-30-31-32-33-34-35-36-37-38-40-42-44-46-48-57(8)65(69)67-58(53-56(7)47-45-43-41-39-26-24-22-16-10-2)61(68)59(67)54-74-66-64(73-52-20-14-6)63(72-51-19-13-5)62(71-50-18-12-4)60(75-66)55-70-49-17-11-3/h56-64,66,68H,9-55H2,1-8H3/t56?,57?,58-,59-,60?,61+,62?,63?,64?,66?/m0/s1. The van der Waals surface area contributed by atoms with Crippen molar-refractivity contribution in [3.8, 4) is 0 Å². The van der Waals surface area contributed by atoms with E-state index in [1.54, 1.807) is 0 Å². The highest BCUT2D eigenvalue weighted by Gasteiger charge is 2.53. The van der Waals surface area contributed by atoms with Crippen molar-refractivity contribution in [3.63, 3.8) is 0 Å². The number of likely N-dealkylation sites (tertiary alicyclic amines) is 1. The molecule has 0 saturated carbocycles. The van der Waals surface area contributed by atoms with E-state index in [2.05, 4.69) is 55.4 Å². The maximum atomic E-state index is 14.7. The summed E-state index contributed by atoms with van der Waals surface area (Å²) in [6, 6.07) is -0.645. The largest absolute Gasteiger partial charge is 0.389 e. The number of hydrogen-bond donors (Lipinski definition) is 1. The second kappa shape index (κ2) is 49.0. The highest BCUT2D eigenvalue weighted by Crippen LogP contribution is 2.37. The van der Waals surface area contributed by atoms with Crippen LogP contribution in [0.3, 0.4) is 0 Å². The zero-order valence-electron chi connectivity index (χ0n) is 51.3. The lowest BCUT2D eigenvalue weighted by molar-refractivity contribution is -0.328. The Morgan fingerprint density at radius 2 is 0.800 bits per heavy atom. The molecule has 2 aliphatic rings. The molecule has 2 heterocycles. The number of aliphatic hydroxyl groups excluding tert-OH is 1. The Labute approximate surface area is 466 Å². The minimum atomic E-state index is -0.760. The van der Waals surface area contributed by atoms with Crippen LogP contribution in [0.1, 0.15) is 319 Å².